The number of rotatable bonds is 5. The van der Waals surface area contributed by atoms with E-state index in [1.165, 1.54) is 6.42 Å². The fourth-order valence-corrected chi connectivity index (χ4v) is 2.42. The molecule has 0 amide bonds. The molecule has 12 heavy (non-hydrogen) atoms. The lowest BCUT2D eigenvalue weighted by Gasteiger charge is -2.26. The summed E-state index contributed by atoms with van der Waals surface area (Å²) in [5.41, 5.74) is 0. The lowest BCUT2D eigenvalue weighted by Crippen LogP contribution is -2.20. The van der Waals surface area contributed by atoms with Crippen molar-refractivity contribution in [3.63, 3.8) is 0 Å². The molecule has 0 N–H and O–H groups in total. The van der Waals surface area contributed by atoms with Crippen molar-refractivity contribution in [2.75, 3.05) is 5.33 Å². The van der Waals surface area contributed by atoms with E-state index in [0.717, 1.165) is 29.0 Å². The average Bonchev–Trinajstić information content (AvgIpc) is 1.98. The van der Waals surface area contributed by atoms with Gasteiger partial charge in [-0.15, -0.1) is 0 Å². The molecule has 0 aliphatic carbocycles. The van der Waals surface area contributed by atoms with Crippen LogP contribution < -0.4 is 0 Å². The molecule has 0 saturated heterocycles. The molecule has 0 aromatic heterocycles. The van der Waals surface area contributed by atoms with Crippen LogP contribution in [0.4, 0.5) is 0 Å². The molecule has 2 atom stereocenters. The number of halogens is 1. The van der Waals surface area contributed by atoms with Crippen LogP contribution in [0.3, 0.4) is 0 Å². The van der Waals surface area contributed by atoms with E-state index in [1.807, 2.05) is 0 Å². The average molecular weight is 235 g/mol. The van der Waals surface area contributed by atoms with Gasteiger partial charge in [-0.2, -0.15) is 0 Å². The molecule has 2 unspecified atom stereocenters. The third-order valence-electron chi connectivity index (χ3n) is 2.77. The molecule has 0 rings (SSSR count). The molecule has 0 nitrogen and oxygen atoms in total. The Morgan fingerprint density at radius 1 is 1.00 bits per heavy atom. The van der Waals surface area contributed by atoms with Gasteiger partial charge >= 0.3 is 0 Å². The predicted molar refractivity (Wildman–Crippen MR) is 60.7 cm³/mol. The molecular weight excluding hydrogens is 212 g/mol. The summed E-state index contributed by atoms with van der Waals surface area (Å²) < 4.78 is 0. The Balaban J connectivity index is 3.96. The first kappa shape index (κ1) is 12.5. The van der Waals surface area contributed by atoms with E-state index >= 15 is 0 Å². The van der Waals surface area contributed by atoms with Gasteiger partial charge < -0.3 is 0 Å². The molecule has 0 aromatic rings. The van der Waals surface area contributed by atoms with Gasteiger partial charge in [-0.1, -0.05) is 50.5 Å². The normalized spacial score (nSPS) is 17.0. The summed E-state index contributed by atoms with van der Waals surface area (Å²) >= 11 is 3.61. The molecule has 0 bridgehead atoms. The number of hydrogen-bond donors (Lipinski definition) is 0. The minimum absolute atomic E-state index is 0.811. The van der Waals surface area contributed by atoms with Crippen LogP contribution >= 0.6 is 15.9 Å². The first-order valence-corrected chi connectivity index (χ1v) is 6.17. The Morgan fingerprint density at radius 2 is 1.50 bits per heavy atom. The van der Waals surface area contributed by atoms with Crippen molar-refractivity contribution in [3.8, 4) is 0 Å². The van der Waals surface area contributed by atoms with Crippen LogP contribution in [0.25, 0.3) is 0 Å². The van der Waals surface area contributed by atoms with Gasteiger partial charge in [0.1, 0.15) is 0 Å². The summed E-state index contributed by atoms with van der Waals surface area (Å²) in [4.78, 5) is 0. The lowest BCUT2D eigenvalue weighted by atomic mass is 9.81. The summed E-state index contributed by atoms with van der Waals surface area (Å²) in [5, 5.41) is 1.16. The summed E-state index contributed by atoms with van der Waals surface area (Å²) in [6.45, 7) is 11.6. The molecule has 0 aromatic carbocycles. The van der Waals surface area contributed by atoms with Crippen molar-refractivity contribution in [2.24, 2.45) is 23.7 Å². The third-order valence-corrected chi connectivity index (χ3v) is 3.60. The smallest absolute Gasteiger partial charge is 0.00624 e. The highest BCUT2D eigenvalue weighted by atomic mass is 79.9. The Labute approximate surface area is 86.3 Å². The van der Waals surface area contributed by atoms with Gasteiger partial charge in [-0.25, -0.2) is 0 Å². The Morgan fingerprint density at radius 3 is 1.75 bits per heavy atom. The highest BCUT2D eigenvalue weighted by Gasteiger charge is 2.19. The molecular formula is C11H23Br. The van der Waals surface area contributed by atoms with Crippen LogP contribution in [0.2, 0.25) is 0 Å². The van der Waals surface area contributed by atoms with E-state index in [0.29, 0.717) is 0 Å². The second-order valence-electron chi connectivity index (χ2n) is 4.65. The maximum Gasteiger partial charge on any atom is 0.00624 e. The second-order valence-corrected chi connectivity index (χ2v) is 5.29. The predicted octanol–water partition coefficient (Wildman–Crippen LogP) is 4.34. The fraction of sp³-hybridized carbons (Fsp3) is 1.00. The standard InChI is InChI=1S/C11H23Br/c1-8(2)6-11(7-12)10(5)9(3)4/h8-11H,6-7H2,1-5H3. The van der Waals surface area contributed by atoms with Crippen molar-refractivity contribution in [1.82, 2.24) is 0 Å². The highest BCUT2D eigenvalue weighted by molar-refractivity contribution is 9.09. The molecule has 0 fully saturated rings. The van der Waals surface area contributed by atoms with Crippen molar-refractivity contribution < 1.29 is 0 Å². The minimum atomic E-state index is 0.811. The summed E-state index contributed by atoms with van der Waals surface area (Å²) in [7, 11) is 0. The molecule has 0 aliphatic rings. The van der Waals surface area contributed by atoms with Crippen LogP contribution in [0.5, 0.6) is 0 Å². The van der Waals surface area contributed by atoms with E-state index in [2.05, 4.69) is 50.5 Å². The van der Waals surface area contributed by atoms with Crippen LogP contribution in [0.1, 0.15) is 41.0 Å². The topological polar surface area (TPSA) is 0 Å². The lowest BCUT2D eigenvalue weighted by molar-refractivity contribution is 0.264. The molecule has 0 saturated carbocycles. The second kappa shape index (κ2) is 6.01. The molecule has 0 radical (unpaired) electrons. The maximum absolute atomic E-state index is 3.61. The van der Waals surface area contributed by atoms with E-state index in [1.54, 1.807) is 0 Å². The van der Waals surface area contributed by atoms with Crippen LogP contribution in [-0.2, 0) is 0 Å². The largest absolute Gasteiger partial charge is 0.0925 e. The van der Waals surface area contributed by atoms with Crippen molar-refractivity contribution in [3.05, 3.63) is 0 Å². The van der Waals surface area contributed by atoms with Gasteiger partial charge in [-0.05, 0) is 30.1 Å². The van der Waals surface area contributed by atoms with Gasteiger partial charge in [0.05, 0.1) is 0 Å². The summed E-state index contributed by atoms with van der Waals surface area (Å²) in [6, 6.07) is 0. The van der Waals surface area contributed by atoms with E-state index in [-0.39, 0.29) is 0 Å². The van der Waals surface area contributed by atoms with Gasteiger partial charge in [0.25, 0.3) is 0 Å². The third kappa shape index (κ3) is 4.49. The van der Waals surface area contributed by atoms with E-state index in [9.17, 15) is 0 Å². The van der Waals surface area contributed by atoms with Crippen molar-refractivity contribution >= 4 is 15.9 Å². The molecule has 1 heteroatoms. The molecule has 0 aliphatic heterocycles. The van der Waals surface area contributed by atoms with Crippen LogP contribution in [-0.4, -0.2) is 5.33 Å². The Kier molecular flexibility index (Phi) is 6.25. The van der Waals surface area contributed by atoms with Crippen LogP contribution in [0.15, 0.2) is 0 Å². The molecule has 0 heterocycles. The SMILES string of the molecule is CC(C)CC(CBr)C(C)C(C)C. The van der Waals surface area contributed by atoms with Gasteiger partial charge in [0.2, 0.25) is 0 Å². The zero-order chi connectivity index (χ0) is 9.72. The van der Waals surface area contributed by atoms with Crippen LogP contribution in [0, 0.1) is 23.7 Å². The maximum atomic E-state index is 3.61. The van der Waals surface area contributed by atoms with E-state index < -0.39 is 0 Å². The van der Waals surface area contributed by atoms with Gasteiger partial charge in [0.15, 0.2) is 0 Å². The monoisotopic (exact) mass is 234 g/mol. The first-order valence-electron chi connectivity index (χ1n) is 5.05. The van der Waals surface area contributed by atoms with E-state index in [4.69, 9.17) is 0 Å². The minimum Gasteiger partial charge on any atom is -0.0925 e. The molecule has 74 valence electrons. The van der Waals surface area contributed by atoms with Gasteiger partial charge in [-0.3, -0.25) is 0 Å². The number of alkyl halides is 1. The summed E-state index contributed by atoms with van der Waals surface area (Å²) in [6.07, 6.45) is 1.35. The quantitative estimate of drug-likeness (QED) is 0.622. The first-order chi connectivity index (χ1) is 5.49. The Hall–Kier alpha value is 0.480. The van der Waals surface area contributed by atoms with Crippen molar-refractivity contribution in [2.45, 2.75) is 41.0 Å². The highest BCUT2D eigenvalue weighted by Crippen LogP contribution is 2.27. The summed E-state index contributed by atoms with van der Waals surface area (Å²) in [5.74, 6) is 3.33. The zero-order valence-corrected chi connectivity index (χ0v) is 10.7. The number of hydrogen-bond acceptors (Lipinski definition) is 0. The fourth-order valence-electron chi connectivity index (χ4n) is 1.57. The Bertz CT molecular complexity index is 108. The zero-order valence-electron chi connectivity index (χ0n) is 9.10. The molecule has 0 spiro atoms. The van der Waals surface area contributed by atoms with Crippen molar-refractivity contribution in [1.29, 1.82) is 0 Å². The van der Waals surface area contributed by atoms with Gasteiger partial charge in [0, 0.05) is 5.33 Å².